The van der Waals surface area contributed by atoms with Crippen molar-refractivity contribution in [2.45, 2.75) is 39.5 Å². The molecule has 94 valence electrons. The minimum absolute atomic E-state index is 0.889. The molecule has 0 aliphatic carbocycles. The van der Waals surface area contributed by atoms with Gasteiger partial charge in [0.25, 0.3) is 0 Å². The van der Waals surface area contributed by atoms with E-state index in [1.54, 1.807) is 0 Å². The van der Waals surface area contributed by atoms with Gasteiger partial charge >= 0.3 is 0 Å². The zero-order valence-corrected chi connectivity index (χ0v) is 11.9. The monoisotopic (exact) mass is 248 g/mol. The van der Waals surface area contributed by atoms with Crippen LogP contribution in [0.5, 0.6) is 0 Å². The van der Waals surface area contributed by atoms with Crippen LogP contribution >= 0.6 is 11.8 Å². The minimum atomic E-state index is 0.889. The average molecular weight is 248 g/mol. The first kappa shape index (κ1) is 14.4. The molecule has 0 saturated carbocycles. The van der Waals surface area contributed by atoms with E-state index in [9.17, 15) is 0 Å². The van der Waals surface area contributed by atoms with Crippen molar-refractivity contribution in [3.05, 3.63) is 41.3 Å². The molecule has 0 saturated heterocycles. The number of rotatable bonds is 8. The Hall–Kier alpha value is -0.690. The van der Waals surface area contributed by atoms with E-state index in [1.807, 2.05) is 11.8 Å². The predicted octanol–water partition coefficient (Wildman–Crippen LogP) is 5.61. The highest BCUT2D eigenvalue weighted by Crippen LogP contribution is 2.19. The highest BCUT2D eigenvalue weighted by atomic mass is 32.2. The molecule has 0 N–H and O–H groups in total. The van der Waals surface area contributed by atoms with Crippen LogP contribution in [0.15, 0.2) is 35.7 Å². The van der Waals surface area contributed by atoms with Gasteiger partial charge in [0.05, 0.1) is 0 Å². The van der Waals surface area contributed by atoms with Crippen LogP contribution in [0.3, 0.4) is 0 Å². The van der Waals surface area contributed by atoms with Crippen LogP contribution in [0, 0.1) is 5.92 Å². The summed E-state index contributed by atoms with van der Waals surface area (Å²) in [6.45, 7) is 4.58. The third-order valence-electron chi connectivity index (χ3n) is 3.03. The molecule has 0 heterocycles. The minimum Gasteiger partial charge on any atom is -0.134 e. The smallest absolute Gasteiger partial charge is 0.000232 e. The maximum absolute atomic E-state index is 2.31. The van der Waals surface area contributed by atoms with E-state index in [1.165, 1.54) is 37.0 Å². The summed E-state index contributed by atoms with van der Waals surface area (Å²) in [5, 5.41) is 2.24. The summed E-state index contributed by atoms with van der Waals surface area (Å²) >= 11 is 1.95. The van der Waals surface area contributed by atoms with E-state index in [4.69, 9.17) is 0 Å². The summed E-state index contributed by atoms with van der Waals surface area (Å²) < 4.78 is 0. The summed E-state index contributed by atoms with van der Waals surface area (Å²) in [6.07, 6.45) is 7.60. The number of hydrogen-bond acceptors (Lipinski definition) is 1. The maximum atomic E-state index is 2.31. The second-order valence-electron chi connectivity index (χ2n) is 4.46. The Morgan fingerprint density at radius 3 is 2.59 bits per heavy atom. The molecule has 0 spiro atoms. The van der Waals surface area contributed by atoms with Crippen molar-refractivity contribution in [1.82, 2.24) is 0 Å². The Morgan fingerprint density at radius 2 is 1.94 bits per heavy atom. The molecule has 1 atom stereocenters. The third-order valence-corrected chi connectivity index (χ3v) is 4.02. The fourth-order valence-corrected chi connectivity index (χ4v) is 2.82. The Bertz CT molecular complexity index is 303. The Kier molecular flexibility index (Phi) is 7.91. The molecule has 0 aliphatic rings. The van der Waals surface area contributed by atoms with Gasteiger partial charge in [0.15, 0.2) is 0 Å². The lowest BCUT2D eigenvalue weighted by Crippen LogP contribution is -2.01. The first-order valence-corrected chi connectivity index (χ1v) is 7.74. The van der Waals surface area contributed by atoms with Gasteiger partial charge in [-0.25, -0.2) is 0 Å². The van der Waals surface area contributed by atoms with E-state index in [2.05, 4.69) is 55.7 Å². The van der Waals surface area contributed by atoms with Gasteiger partial charge in [0.2, 0.25) is 0 Å². The average Bonchev–Trinajstić information content (AvgIpc) is 2.39. The summed E-state index contributed by atoms with van der Waals surface area (Å²) in [4.78, 5) is 0. The normalized spacial score (nSPS) is 13.1. The number of thioether (sulfide) groups is 1. The standard InChI is InChI=1S/C16H24S/c1-3-5-9-15(4-2)14-17-13-12-16-10-7-6-8-11-16/h6-8,10-13,15H,3-5,9,14H2,1-2H3/b13-12+. The third kappa shape index (κ3) is 6.58. The highest BCUT2D eigenvalue weighted by Gasteiger charge is 2.04. The van der Waals surface area contributed by atoms with Crippen LogP contribution in [0.1, 0.15) is 45.1 Å². The maximum Gasteiger partial charge on any atom is 0.000232 e. The fourth-order valence-electron chi connectivity index (χ4n) is 1.78. The molecule has 1 aromatic carbocycles. The SMILES string of the molecule is CCCCC(CC)CS/C=C/c1ccccc1. The molecule has 1 aromatic rings. The van der Waals surface area contributed by atoms with Crippen LogP contribution in [0.25, 0.3) is 6.08 Å². The fraction of sp³-hybridized carbons (Fsp3) is 0.500. The second kappa shape index (κ2) is 9.35. The van der Waals surface area contributed by atoms with Gasteiger partial charge in [-0.3, -0.25) is 0 Å². The van der Waals surface area contributed by atoms with Gasteiger partial charge in [-0.1, -0.05) is 63.4 Å². The number of hydrogen-bond donors (Lipinski definition) is 0. The summed E-state index contributed by atoms with van der Waals surface area (Å²) in [5.41, 5.74) is 1.29. The van der Waals surface area contributed by atoms with Crippen LogP contribution < -0.4 is 0 Å². The van der Waals surface area contributed by atoms with Gasteiger partial charge in [0.1, 0.15) is 0 Å². The molecule has 0 bridgehead atoms. The van der Waals surface area contributed by atoms with E-state index < -0.39 is 0 Å². The van der Waals surface area contributed by atoms with Crippen LogP contribution in [-0.4, -0.2) is 5.75 Å². The molecule has 17 heavy (non-hydrogen) atoms. The van der Waals surface area contributed by atoms with Crippen LogP contribution in [-0.2, 0) is 0 Å². The molecule has 1 unspecified atom stereocenters. The van der Waals surface area contributed by atoms with Crippen LogP contribution in [0.4, 0.5) is 0 Å². The van der Waals surface area contributed by atoms with Gasteiger partial charge in [-0.05, 0) is 29.4 Å². The first-order valence-electron chi connectivity index (χ1n) is 6.70. The zero-order chi connectivity index (χ0) is 12.3. The molecule has 1 rings (SSSR count). The van der Waals surface area contributed by atoms with E-state index >= 15 is 0 Å². The van der Waals surface area contributed by atoms with E-state index in [-0.39, 0.29) is 0 Å². The zero-order valence-electron chi connectivity index (χ0n) is 11.1. The predicted molar refractivity (Wildman–Crippen MR) is 81.2 cm³/mol. The van der Waals surface area contributed by atoms with Crippen molar-refractivity contribution in [3.8, 4) is 0 Å². The molecular weight excluding hydrogens is 224 g/mol. The number of unbranched alkanes of at least 4 members (excludes halogenated alkanes) is 1. The Labute approximate surface area is 111 Å². The highest BCUT2D eigenvalue weighted by molar-refractivity contribution is 8.02. The van der Waals surface area contributed by atoms with Crippen molar-refractivity contribution in [2.24, 2.45) is 5.92 Å². The topological polar surface area (TPSA) is 0 Å². The van der Waals surface area contributed by atoms with E-state index in [0.29, 0.717) is 0 Å². The first-order chi connectivity index (χ1) is 8.36. The largest absolute Gasteiger partial charge is 0.134 e. The quantitative estimate of drug-likeness (QED) is 0.576. The molecule has 1 heteroatoms. The van der Waals surface area contributed by atoms with Gasteiger partial charge in [0, 0.05) is 5.75 Å². The summed E-state index contributed by atoms with van der Waals surface area (Å²) in [5.74, 6) is 2.15. The van der Waals surface area contributed by atoms with E-state index in [0.717, 1.165) is 5.92 Å². The van der Waals surface area contributed by atoms with Gasteiger partial charge in [-0.15, -0.1) is 11.8 Å². The lowest BCUT2D eigenvalue weighted by molar-refractivity contribution is 0.500. The Balaban J connectivity index is 2.24. The lowest BCUT2D eigenvalue weighted by atomic mass is 10.0. The van der Waals surface area contributed by atoms with Gasteiger partial charge < -0.3 is 0 Å². The van der Waals surface area contributed by atoms with Crippen molar-refractivity contribution in [1.29, 1.82) is 0 Å². The van der Waals surface area contributed by atoms with Crippen molar-refractivity contribution in [3.63, 3.8) is 0 Å². The van der Waals surface area contributed by atoms with Crippen LogP contribution in [0.2, 0.25) is 0 Å². The Morgan fingerprint density at radius 1 is 1.18 bits per heavy atom. The van der Waals surface area contributed by atoms with Crippen molar-refractivity contribution >= 4 is 17.8 Å². The number of benzene rings is 1. The summed E-state index contributed by atoms with van der Waals surface area (Å²) in [7, 11) is 0. The molecular formula is C16H24S. The molecule has 0 fully saturated rings. The molecule has 0 radical (unpaired) electrons. The van der Waals surface area contributed by atoms with Crippen molar-refractivity contribution < 1.29 is 0 Å². The molecule has 0 amide bonds. The summed E-state index contributed by atoms with van der Waals surface area (Å²) in [6, 6.07) is 10.5. The van der Waals surface area contributed by atoms with Crippen molar-refractivity contribution in [2.75, 3.05) is 5.75 Å². The van der Waals surface area contributed by atoms with Gasteiger partial charge in [-0.2, -0.15) is 0 Å². The molecule has 0 aliphatic heterocycles. The molecule has 0 aromatic heterocycles. The second-order valence-corrected chi connectivity index (χ2v) is 5.40. The molecule has 0 nitrogen and oxygen atoms in total. The lowest BCUT2D eigenvalue weighted by Gasteiger charge is -2.11.